The number of ether oxygens (including phenoxy) is 1. The van der Waals surface area contributed by atoms with Crippen molar-refractivity contribution in [3.8, 4) is 0 Å². The first-order valence-corrected chi connectivity index (χ1v) is 9.62. The van der Waals surface area contributed by atoms with Gasteiger partial charge >= 0.3 is 0 Å². The van der Waals surface area contributed by atoms with Gasteiger partial charge in [-0.2, -0.15) is 0 Å². The third kappa shape index (κ3) is 4.65. The summed E-state index contributed by atoms with van der Waals surface area (Å²) >= 11 is 0. The number of hydrogen-bond donors (Lipinski definition) is 0. The lowest BCUT2D eigenvalue weighted by Gasteiger charge is -2.31. The van der Waals surface area contributed by atoms with Crippen LogP contribution >= 0.6 is 0 Å². The number of aromatic nitrogens is 3. The maximum atomic E-state index is 5.88. The minimum atomic E-state index is 0.182. The van der Waals surface area contributed by atoms with Crippen LogP contribution in [0.15, 0.2) is 36.8 Å². The van der Waals surface area contributed by atoms with E-state index >= 15 is 0 Å². The lowest BCUT2D eigenvalue weighted by atomic mass is 9.83. The summed E-state index contributed by atoms with van der Waals surface area (Å²) in [5.74, 6) is 0.928. The highest BCUT2D eigenvalue weighted by atomic mass is 16.5. The van der Waals surface area contributed by atoms with Gasteiger partial charge in [-0.3, -0.25) is 9.88 Å². The maximum Gasteiger partial charge on any atom is 0.128 e. The molecule has 1 aliphatic rings. The zero-order valence-electron chi connectivity index (χ0n) is 16.2. The summed E-state index contributed by atoms with van der Waals surface area (Å²) in [5.41, 5.74) is 2.53. The van der Waals surface area contributed by atoms with Gasteiger partial charge in [0.2, 0.25) is 0 Å². The highest BCUT2D eigenvalue weighted by molar-refractivity contribution is 5.17. The predicted octanol–water partition coefficient (Wildman–Crippen LogP) is 3.60. The van der Waals surface area contributed by atoms with Crippen molar-refractivity contribution in [2.45, 2.75) is 46.1 Å². The molecular formula is C21H30N4O. The fourth-order valence-corrected chi connectivity index (χ4v) is 3.79. The van der Waals surface area contributed by atoms with Crippen molar-refractivity contribution < 1.29 is 4.74 Å². The molecule has 1 saturated heterocycles. The van der Waals surface area contributed by atoms with E-state index in [4.69, 9.17) is 4.74 Å². The topological polar surface area (TPSA) is 51.1 Å². The van der Waals surface area contributed by atoms with Crippen molar-refractivity contribution in [3.05, 3.63) is 53.9 Å². The molecular weight excluding hydrogens is 324 g/mol. The van der Waals surface area contributed by atoms with Gasteiger partial charge < -0.3 is 4.74 Å². The Labute approximate surface area is 156 Å². The average Bonchev–Trinajstić information content (AvgIpc) is 3.10. The zero-order valence-corrected chi connectivity index (χ0v) is 16.2. The molecule has 5 nitrogen and oxygen atoms in total. The Hall–Kier alpha value is -1.85. The molecule has 0 aromatic carbocycles. The van der Waals surface area contributed by atoms with E-state index in [2.05, 4.69) is 45.8 Å². The lowest BCUT2D eigenvalue weighted by Crippen LogP contribution is -2.33. The molecule has 3 rings (SSSR count). The first-order valence-electron chi connectivity index (χ1n) is 9.62. The lowest BCUT2D eigenvalue weighted by molar-refractivity contribution is 0.0463. The predicted molar refractivity (Wildman–Crippen MR) is 103 cm³/mol. The van der Waals surface area contributed by atoms with Crippen molar-refractivity contribution in [2.75, 3.05) is 26.3 Å². The molecule has 5 heteroatoms. The van der Waals surface area contributed by atoms with Crippen LogP contribution in [0, 0.1) is 12.3 Å². The number of hydrogen-bond acceptors (Lipinski definition) is 5. The molecule has 0 aliphatic carbocycles. The summed E-state index contributed by atoms with van der Waals surface area (Å²) in [6.45, 7) is 10.1. The van der Waals surface area contributed by atoms with Gasteiger partial charge in [0, 0.05) is 55.3 Å². The van der Waals surface area contributed by atoms with Gasteiger partial charge in [-0.15, -0.1) is 0 Å². The van der Waals surface area contributed by atoms with Gasteiger partial charge in [-0.05, 0) is 57.9 Å². The van der Waals surface area contributed by atoms with Gasteiger partial charge in [0.1, 0.15) is 5.82 Å². The van der Waals surface area contributed by atoms with Crippen LogP contribution in [0.25, 0.3) is 0 Å². The normalized spacial score (nSPS) is 21.8. The van der Waals surface area contributed by atoms with Crippen molar-refractivity contribution in [3.63, 3.8) is 0 Å². The van der Waals surface area contributed by atoms with E-state index in [1.165, 1.54) is 5.56 Å². The Bertz CT molecular complexity index is 676. The van der Waals surface area contributed by atoms with Gasteiger partial charge in [0.25, 0.3) is 0 Å². The maximum absolute atomic E-state index is 5.88. The van der Waals surface area contributed by atoms with E-state index in [-0.39, 0.29) is 5.41 Å². The van der Waals surface area contributed by atoms with Crippen LogP contribution in [0.1, 0.15) is 49.8 Å². The first kappa shape index (κ1) is 18.9. The van der Waals surface area contributed by atoms with Crippen LogP contribution in [0.5, 0.6) is 0 Å². The van der Waals surface area contributed by atoms with Crippen molar-refractivity contribution >= 4 is 0 Å². The number of rotatable bonds is 8. The smallest absolute Gasteiger partial charge is 0.128 e. The van der Waals surface area contributed by atoms with E-state index in [0.29, 0.717) is 6.04 Å². The van der Waals surface area contributed by atoms with E-state index in [1.807, 2.05) is 31.6 Å². The highest BCUT2D eigenvalue weighted by Crippen LogP contribution is 2.39. The number of nitrogens with zero attached hydrogens (tertiary/aromatic N) is 4. The number of likely N-dealkylation sites (tertiary alicyclic amines) is 1. The van der Waals surface area contributed by atoms with Crippen molar-refractivity contribution in [1.29, 1.82) is 0 Å². The van der Waals surface area contributed by atoms with E-state index in [9.17, 15) is 0 Å². The molecule has 0 radical (unpaired) electrons. The van der Waals surface area contributed by atoms with Crippen molar-refractivity contribution in [1.82, 2.24) is 19.9 Å². The Morgan fingerprint density at radius 1 is 1.23 bits per heavy atom. The van der Waals surface area contributed by atoms with Crippen LogP contribution in [0.4, 0.5) is 0 Å². The van der Waals surface area contributed by atoms with Crippen LogP contribution in [-0.2, 0) is 11.2 Å². The quantitative estimate of drug-likeness (QED) is 0.725. The molecule has 2 aromatic rings. The minimum Gasteiger partial charge on any atom is -0.381 e. The molecule has 0 amide bonds. The summed E-state index contributed by atoms with van der Waals surface area (Å²) in [7, 11) is 0. The molecule has 26 heavy (non-hydrogen) atoms. The summed E-state index contributed by atoms with van der Waals surface area (Å²) in [5, 5.41) is 0. The fourth-order valence-electron chi connectivity index (χ4n) is 3.79. The second-order valence-corrected chi connectivity index (χ2v) is 7.43. The van der Waals surface area contributed by atoms with E-state index < -0.39 is 0 Å². The standard InChI is InChI=1S/C21H30N4O/c1-4-26-16-21(9-8-20-22-11-5-12-23-20)10-13-25(15-21)18(3)19-7-6-17(2)24-14-19/h5-7,11-12,14,18H,4,8-10,13,15-16H2,1-3H3. The molecule has 2 unspecified atom stereocenters. The van der Waals surface area contributed by atoms with Gasteiger partial charge in [-0.25, -0.2) is 9.97 Å². The van der Waals surface area contributed by atoms with Crippen LogP contribution < -0.4 is 0 Å². The SMILES string of the molecule is CCOCC1(CCc2ncccn2)CCN(C(C)c2ccc(C)nc2)C1. The molecule has 2 aromatic heterocycles. The van der Waals surface area contributed by atoms with E-state index in [1.54, 1.807) is 0 Å². The van der Waals surface area contributed by atoms with Crippen molar-refractivity contribution in [2.24, 2.45) is 5.41 Å². The Morgan fingerprint density at radius 3 is 2.73 bits per heavy atom. The van der Waals surface area contributed by atoms with Gasteiger partial charge in [-0.1, -0.05) is 6.07 Å². The number of aryl methyl sites for hydroxylation is 2. The second kappa shape index (κ2) is 8.69. The third-order valence-corrected chi connectivity index (χ3v) is 5.54. The third-order valence-electron chi connectivity index (χ3n) is 5.54. The Balaban J connectivity index is 1.67. The van der Waals surface area contributed by atoms with Crippen LogP contribution in [0.2, 0.25) is 0 Å². The van der Waals surface area contributed by atoms with Crippen LogP contribution in [0.3, 0.4) is 0 Å². The van der Waals surface area contributed by atoms with Crippen LogP contribution in [-0.4, -0.2) is 46.2 Å². The average molecular weight is 354 g/mol. The largest absolute Gasteiger partial charge is 0.381 e. The molecule has 2 atom stereocenters. The summed E-state index contributed by atoms with van der Waals surface area (Å²) in [4.78, 5) is 15.8. The Kier molecular flexibility index (Phi) is 6.33. The Morgan fingerprint density at radius 2 is 2.04 bits per heavy atom. The number of pyridine rings is 1. The molecule has 0 spiro atoms. The molecule has 140 valence electrons. The first-order chi connectivity index (χ1) is 12.6. The summed E-state index contributed by atoms with van der Waals surface area (Å²) in [6, 6.07) is 6.54. The summed E-state index contributed by atoms with van der Waals surface area (Å²) in [6.07, 6.45) is 8.79. The molecule has 0 N–H and O–H groups in total. The molecule has 1 aliphatic heterocycles. The highest BCUT2D eigenvalue weighted by Gasteiger charge is 2.40. The van der Waals surface area contributed by atoms with Gasteiger partial charge in [0.15, 0.2) is 0 Å². The van der Waals surface area contributed by atoms with Gasteiger partial charge in [0.05, 0.1) is 6.61 Å². The minimum absolute atomic E-state index is 0.182. The second-order valence-electron chi connectivity index (χ2n) is 7.43. The molecule has 0 bridgehead atoms. The molecule has 1 fully saturated rings. The van der Waals surface area contributed by atoms with E-state index in [0.717, 1.165) is 57.1 Å². The molecule has 0 saturated carbocycles. The zero-order chi connectivity index (χ0) is 18.4. The molecule has 3 heterocycles. The monoisotopic (exact) mass is 354 g/mol. The summed E-state index contributed by atoms with van der Waals surface area (Å²) < 4.78 is 5.88. The fraction of sp³-hybridized carbons (Fsp3) is 0.571.